The van der Waals surface area contributed by atoms with Crippen LogP contribution >= 0.6 is 8.20 Å². The van der Waals surface area contributed by atoms with E-state index in [-0.39, 0.29) is 26.8 Å². The standard InChI is InChI=1S/C29H42NO8P/c1-9-20(32)16-22(17(3)23(29(5,6)7)26(21(33)10-2)37-18(4)31)38-27(35)25(34)24(30-28(36)39-8)19-14-12-11-13-15-19/h11-15,20,22,24-26,32,34H,8-10,16H2,1-7H3,(H,30,36)/b23-17-/t20-,22-,24-,25+,26-/m0/s1. The van der Waals surface area contributed by atoms with E-state index in [0.29, 0.717) is 23.1 Å². The summed E-state index contributed by atoms with van der Waals surface area (Å²) in [4.78, 5) is 50.3. The summed E-state index contributed by atoms with van der Waals surface area (Å²) in [5, 5.41) is 24.1. The van der Waals surface area contributed by atoms with Gasteiger partial charge < -0.3 is 25.0 Å². The van der Waals surface area contributed by atoms with Crippen molar-refractivity contribution in [2.75, 3.05) is 0 Å². The number of hydrogen-bond acceptors (Lipinski definition) is 8. The summed E-state index contributed by atoms with van der Waals surface area (Å²) >= 11 is 0. The van der Waals surface area contributed by atoms with Gasteiger partial charge in [0.1, 0.15) is 6.10 Å². The molecule has 1 rings (SSSR count). The van der Waals surface area contributed by atoms with Gasteiger partial charge in [0, 0.05) is 19.8 Å². The maximum atomic E-state index is 13.3. The van der Waals surface area contributed by atoms with Crippen LogP contribution in [0.5, 0.6) is 0 Å². The Morgan fingerprint density at radius 1 is 1.03 bits per heavy atom. The molecule has 0 bridgehead atoms. The van der Waals surface area contributed by atoms with Crippen molar-refractivity contribution in [2.24, 2.45) is 5.41 Å². The van der Waals surface area contributed by atoms with Gasteiger partial charge in [-0.05, 0) is 43.7 Å². The lowest BCUT2D eigenvalue weighted by Gasteiger charge is -2.34. The Balaban J connectivity index is 3.60. The topological polar surface area (TPSA) is 139 Å². The molecular weight excluding hydrogens is 521 g/mol. The lowest BCUT2D eigenvalue weighted by atomic mass is 9.77. The van der Waals surface area contributed by atoms with E-state index in [2.05, 4.69) is 11.6 Å². The summed E-state index contributed by atoms with van der Waals surface area (Å²) in [6.45, 7) is 11.8. The number of carbonyl (C=O) groups is 4. The van der Waals surface area contributed by atoms with Gasteiger partial charge in [-0.3, -0.25) is 14.4 Å². The first-order chi connectivity index (χ1) is 18.2. The number of aliphatic hydroxyl groups is 2. The number of carbonyl (C=O) groups excluding carboxylic acids is 4. The van der Waals surface area contributed by atoms with Crippen LogP contribution in [-0.2, 0) is 23.9 Å². The molecule has 0 saturated heterocycles. The van der Waals surface area contributed by atoms with E-state index >= 15 is 0 Å². The zero-order valence-electron chi connectivity index (χ0n) is 23.9. The van der Waals surface area contributed by atoms with E-state index in [1.807, 2.05) is 20.8 Å². The summed E-state index contributed by atoms with van der Waals surface area (Å²) in [6.07, 6.45) is -0.944. The molecule has 0 aliphatic rings. The molecule has 0 spiro atoms. The Labute approximate surface area is 232 Å². The molecule has 0 heterocycles. The van der Waals surface area contributed by atoms with Crippen molar-refractivity contribution in [1.82, 2.24) is 5.32 Å². The molecule has 39 heavy (non-hydrogen) atoms. The maximum Gasteiger partial charge on any atom is 0.338 e. The number of ketones is 1. The fourth-order valence-electron chi connectivity index (χ4n) is 4.26. The molecule has 9 nitrogen and oxygen atoms in total. The van der Waals surface area contributed by atoms with Crippen LogP contribution in [0.3, 0.4) is 0 Å². The predicted molar refractivity (Wildman–Crippen MR) is 152 cm³/mol. The van der Waals surface area contributed by atoms with Crippen molar-refractivity contribution in [3.8, 4) is 0 Å². The van der Waals surface area contributed by atoms with Crippen LogP contribution in [0.25, 0.3) is 0 Å². The third kappa shape index (κ3) is 10.3. The monoisotopic (exact) mass is 563 g/mol. The molecule has 5 atom stereocenters. The minimum Gasteiger partial charge on any atom is -0.456 e. The highest BCUT2D eigenvalue weighted by Crippen LogP contribution is 2.36. The molecule has 0 aliphatic carbocycles. The lowest BCUT2D eigenvalue weighted by Crippen LogP contribution is -2.42. The predicted octanol–water partition coefficient (Wildman–Crippen LogP) is 4.52. The van der Waals surface area contributed by atoms with Crippen LogP contribution in [0.15, 0.2) is 41.5 Å². The second-order valence-corrected chi connectivity index (χ2v) is 11.0. The van der Waals surface area contributed by atoms with E-state index in [4.69, 9.17) is 9.47 Å². The van der Waals surface area contributed by atoms with Crippen molar-refractivity contribution < 1.29 is 38.9 Å². The highest BCUT2D eigenvalue weighted by Gasteiger charge is 2.38. The summed E-state index contributed by atoms with van der Waals surface area (Å²) in [7, 11) is 0.149. The van der Waals surface area contributed by atoms with Crippen molar-refractivity contribution in [2.45, 2.75) is 98.2 Å². The smallest absolute Gasteiger partial charge is 0.338 e. The normalized spacial score (nSPS) is 16.2. The number of ether oxygens (including phenoxy) is 2. The van der Waals surface area contributed by atoms with E-state index < -0.39 is 53.5 Å². The van der Waals surface area contributed by atoms with Crippen LogP contribution in [0.4, 0.5) is 4.79 Å². The average Bonchev–Trinajstić information content (AvgIpc) is 2.88. The first-order valence-corrected chi connectivity index (χ1v) is 14.1. The highest BCUT2D eigenvalue weighted by molar-refractivity contribution is 7.55. The second-order valence-electron chi connectivity index (χ2n) is 10.3. The van der Waals surface area contributed by atoms with Gasteiger partial charge in [-0.1, -0.05) is 71.2 Å². The molecule has 1 aromatic carbocycles. The third-order valence-electron chi connectivity index (χ3n) is 6.26. The van der Waals surface area contributed by atoms with E-state index in [9.17, 15) is 29.4 Å². The Bertz CT molecular complexity index is 1050. The van der Waals surface area contributed by atoms with Crippen LogP contribution in [-0.4, -0.2) is 64.3 Å². The first-order valence-electron chi connectivity index (χ1n) is 13.0. The Kier molecular flexibility index (Phi) is 13.7. The van der Waals surface area contributed by atoms with Gasteiger partial charge in [0.25, 0.3) is 5.65 Å². The largest absolute Gasteiger partial charge is 0.456 e. The fraction of sp³-hybridized carbons (Fsp3) is 0.552. The minimum absolute atomic E-state index is 0.0205. The number of hydrogen-bond donors (Lipinski definition) is 3. The van der Waals surface area contributed by atoms with Gasteiger partial charge in [0.15, 0.2) is 18.0 Å². The Morgan fingerprint density at radius 3 is 2.08 bits per heavy atom. The minimum atomic E-state index is -1.79. The molecule has 1 amide bonds. The summed E-state index contributed by atoms with van der Waals surface area (Å²) in [6, 6.07) is 7.37. The van der Waals surface area contributed by atoms with Gasteiger partial charge in [0.2, 0.25) is 0 Å². The zero-order chi connectivity index (χ0) is 29.9. The van der Waals surface area contributed by atoms with Crippen molar-refractivity contribution in [1.29, 1.82) is 0 Å². The average molecular weight is 564 g/mol. The molecule has 0 aromatic heterocycles. The number of aliphatic hydroxyl groups excluding tert-OH is 2. The first kappa shape index (κ1) is 34.2. The zero-order valence-corrected chi connectivity index (χ0v) is 24.8. The van der Waals surface area contributed by atoms with Crippen molar-refractivity contribution >= 4 is 37.9 Å². The van der Waals surface area contributed by atoms with Crippen molar-refractivity contribution in [3.05, 3.63) is 47.0 Å². The Hall–Kier alpha value is -2.87. The third-order valence-corrected chi connectivity index (χ3v) is 6.67. The molecule has 0 saturated carbocycles. The van der Waals surface area contributed by atoms with E-state index in [1.54, 1.807) is 51.1 Å². The summed E-state index contributed by atoms with van der Waals surface area (Å²) in [5.74, 6) is -1.99. The molecule has 10 heteroatoms. The lowest BCUT2D eigenvalue weighted by molar-refractivity contribution is -0.160. The maximum absolute atomic E-state index is 13.3. The van der Waals surface area contributed by atoms with Crippen LogP contribution in [0.2, 0.25) is 0 Å². The molecule has 1 aromatic rings. The molecule has 0 radical (unpaired) electrons. The molecule has 0 aliphatic heterocycles. The molecule has 0 unspecified atom stereocenters. The van der Waals surface area contributed by atoms with E-state index in [1.165, 1.54) is 6.92 Å². The molecule has 0 fully saturated rings. The van der Waals surface area contributed by atoms with Crippen LogP contribution in [0.1, 0.15) is 79.3 Å². The van der Waals surface area contributed by atoms with Gasteiger partial charge in [-0.2, -0.15) is 0 Å². The number of nitrogens with one attached hydrogen (secondary N) is 1. The van der Waals surface area contributed by atoms with Gasteiger partial charge in [0.05, 0.1) is 12.1 Å². The van der Waals surface area contributed by atoms with Crippen LogP contribution < -0.4 is 5.32 Å². The quantitative estimate of drug-likeness (QED) is 0.171. The number of benzene rings is 1. The molecular formula is C29H42NO8P. The van der Waals surface area contributed by atoms with Crippen LogP contribution in [0, 0.1) is 5.41 Å². The van der Waals surface area contributed by atoms with Crippen molar-refractivity contribution in [3.63, 3.8) is 0 Å². The number of rotatable bonds is 14. The molecule has 3 N–H and O–H groups in total. The summed E-state index contributed by atoms with van der Waals surface area (Å²) in [5.41, 5.74) is 0.171. The van der Waals surface area contributed by atoms with Gasteiger partial charge >= 0.3 is 11.9 Å². The SMILES string of the molecule is C=PC(=O)N[C@@H](c1ccccc1)[C@@H](O)C(=O)O[C@@H](C[C@@H](O)CC)/C(C)=C(/[C@@H](OC(C)=O)C(=O)CC)C(C)(C)C. The van der Waals surface area contributed by atoms with Gasteiger partial charge in [-0.15, -0.1) is 0 Å². The fourth-order valence-corrected chi connectivity index (χ4v) is 4.49. The van der Waals surface area contributed by atoms with Gasteiger partial charge in [-0.25, -0.2) is 4.79 Å². The number of amides is 1. The molecule has 216 valence electrons. The number of esters is 2. The highest BCUT2D eigenvalue weighted by atomic mass is 31.1. The second kappa shape index (κ2) is 15.7. The summed E-state index contributed by atoms with van der Waals surface area (Å²) < 4.78 is 11.2. The van der Waals surface area contributed by atoms with E-state index in [0.717, 1.165) is 0 Å². The number of Topliss-reactive ketones (excluding diaryl/α,β-unsaturated/α-hetero) is 1. The Morgan fingerprint density at radius 2 is 1.62 bits per heavy atom.